The Kier molecular flexibility index (Phi) is 4.77. The summed E-state index contributed by atoms with van der Waals surface area (Å²) in [6.07, 6.45) is 6.00. The van der Waals surface area contributed by atoms with Crippen molar-refractivity contribution in [1.29, 1.82) is 0 Å². The number of methoxy groups -OCH3 is 4. The van der Waals surface area contributed by atoms with E-state index < -0.39 is 11.2 Å². The number of ketones is 1. The average molecular weight is 415 g/mol. The maximum Gasteiger partial charge on any atom is 0.290 e. The Morgan fingerprint density at radius 2 is 1.90 bits per heavy atom. The molecule has 8 nitrogen and oxygen atoms in total. The highest BCUT2D eigenvalue weighted by Crippen LogP contribution is 2.61. The third-order valence-corrected chi connectivity index (χ3v) is 6.19. The summed E-state index contributed by atoms with van der Waals surface area (Å²) in [6.45, 7) is 1.46. The van der Waals surface area contributed by atoms with Gasteiger partial charge in [0.15, 0.2) is 11.5 Å². The molecule has 160 valence electrons. The van der Waals surface area contributed by atoms with Crippen LogP contribution in [0.2, 0.25) is 0 Å². The number of hydrogen-bond acceptors (Lipinski definition) is 7. The van der Waals surface area contributed by atoms with E-state index in [1.807, 2.05) is 6.07 Å². The zero-order valence-corrected chi connectivity index (χ0v) is 17.7. The van der Waals surface area contributed by atoms with Crippen molar-refractivity contribution in [2.75, 3.05) is 28.4 Å². The van der Waals surface area contributed by atoms with Crippen molar-refractivity contribution < 1.29 is 33.3 Å². The van der Waals surface area contributed by atoms with E-state index in [2.05, 4.69) is 5.32 Å². The van der Waals surface area contributed by atoms with Gasteiger partial charge in [0.2, 0.25) is 17.4 Å². The first-order chi connectivity index (χ1) is 14.4. The minimum Gasteiger partial charge on any atom is -0.493 e. The van der Waals surface area contributed by atoms with Gasteiger partial charge in [0, 0.05) is 19.6 Å². The second-order valence-corrected chi connectivity index (χ2v) is 7.48. The van der Waals surface area contributed by atoms with Gasteiger partial charge in [0.25, 0.3) is 5.79 Å². The van der Waals surface area contributed by atoms with Crippen LogP contribution in [0.1, 0.15) is 24.5 Å². The minimum atomic E-state index is -1.62. The number of nitrogens with one attached hydrogen (secondary N) is 1. The maximum atomic E-state index is 13.2. The highest BCUT2D eigenvalue weighted by atomic mass is 16.7. The van der Waals surface area contributed by atoms with Gasteiger partial charge in [0.05, 0.1) is 33.6 Å². The number of benzene rings is 1. The number of ether oxygens (including phenoxy) is 5. The largest absolute Gasteiger partial charge is 0.493 e. The molecule has 30 heavy (non-hydrogen) atoms. The molecule has 3 atom stereocenters. The molecule has 1 spiro atoms. The van der Waals surface area contributed by atoms with Crippen LogP contribution in [0.3, 0.4) is 0 Å². The van der Waals surface area contributed by atoms with Gasteiger partial charge in [0.1, 0.15) is 5.41 Å². The second-order valence-electron chi connectivity index (χ2n) is 7.48. The minimum absolute atomic E-state index is 0.186. The Labute approximate surface area is 174 Å². The Hall–Kier alpha value is -3.00. The van der Waals surface area contributed by atoms with Crippen molar-refractivity contribution in [3.63, 3.8) is 0 Å². The van der Waals surface area contributed by atoms with E-state index in [4.69, 9.17) is 23.7 Å². The fourth-order valence-corrected chi connectivity index (χ4v) is 5.09. The van der Waals surface area contributed by atoms with Gasteiger partial charge < -0.3 is 29.0 Å². The lowest BCUT2D eigenvalue weighted by Gasteiger charge is -2.40. The van der Waals surface area contributed by atoms with E-state index in [0.717, 1.165) is 5.56 Å². The van der Waals surface area contributed by atoms with E-state index in [1.54, 1.807) is 20.3 Å². The highest BCUT2D eigenvalue weighted by molar-refractivity contribution is 6.04. The standard InChI is InChI=1S/C22H25NO7/c1-12(24)23-15-7-6-13-10-16(26-2)19(27-3)20(28-4)18(13)21-8-9-30-22(21,29-5)17(25)11-14(15)21/h8-11,15H,6-7H2,1-5H3,(H,23,24)/t15-,21+,22-/m0/s1. The van der Waals surface area contributed by atoms with Crippen molar-refractivity contribution in [3.8, 4) is 17.2 Å². The van der Waals surface area contributed by atoms with Crippen LogP contribution in [0.4, 0.5) is 0 Å². The molecule has 1 aromatic rings. The number of hydrogen-bond donors (Lipinski definition) is 1. The van der Waals surface area contributed by atoms with Crippen molar-refractivity contribution in [3.05, 3.63) is 41.2 Å². The van der Waals surface area contributed by atoms with Gasteiger partial charge in [-0.3, -0.25) is 9.59 Å². The van der Waals surface area contributed by atoms with E-state index in [9.17, 15) is 9.59 Å². The molecular weight excluding hydrogens is 390 g/mol. The first-order valence-corrected chi connectivity index (χ1v) is 9.66. The van der Waals surface area contributed by atoms with E-state index in [1.165, 1.54) is 33.5 Å². The molecule has 1 aliphatic heterocycles. The lowest BCUT2D eigenvalue weighted by Crippen LogP contribution is -2.55. The normalized spacial score (nSPS) is 28.5. The molecule has 1 amide bonds. The van der Waals surface area contributed by atoms with Crippen molar-refractivity contribution >= 4 is 11.7 Å². The van der Waals surface area contributed by atoms with E-state index >= 15 is 0 Å². The summed E-state index contributed by atoms with van der Waals surface area (Å²) in [4.78, 5) is 25.2. The van der Waals surface area contributed by atoms with Crippen LogP contribution in [0.15, 0.2) is 30.1 Å². The highest BCUT2D eigenvalue weighted by Gasteiger charge is 2.70. The molecule has 0 saturated carbocycles. The van der Waals surface area contributed by atoms with Crippen LogP contribution in [0.5, 0.6) is 17.2 Å². The van der Waals surface area contributed by atoms with E-state index in [0.29, 0.717) is 41.2 Å². The van der Waals surface area contributed by atoms with Crippen LogP contribution >= 0.6 is 0 Å². The number of amides is 1. The molecule has 3 aliphatic rings. The lowest BCUT2D eigenvalue weighted by molar-refractivity contribution is -0.197. The Morgan fingerprint density at radius 1 is 1.17 bits per heavy atom. The molecule has 8 heteroatoms. The first kappa shape index (κ1) is 20.3. The Bertz CT molecular complexity index is 982. The molecule has 4 rings (SSSR count). The van der Waals surface area contributed by atoms with Crippen LogP contribution in [-0.2, 0) is 30.9 Å². The predicted molar refractivity (Wildman–Crippen MR) is 107 cm³/mol. The third kappa shape index (κ3) is 2.37. The van der Waals surface area contributed by atoms with Crippen molar-refractivity contribution in [2.24, 2.45) is 0 Å². The monoisotopic (exact) mass is 415 g/mol. The van der Waals surface area contributed by atoms with Gasteiger partial charge in [-0.25, -0.2) is 0 Å². The average Bonchev–Trinajstić information content (AvgIpc) is 3.19. The maximum absolute atomic E-state index is 13.2. The quantitative estimate of drug-likeness (QED) is 0.784. The third-order valence-electron chi connectivity index (χ3n) is 6.19. The molecule has 1 heterocycles. The number of rotatable bonds is 5. The summed E-state index contributed by atoms with van der Waals surface area (Å²) in [6, 6.07) is 1.50. The molecular formula is C22H25NO7. The van der Waals surface area contributed by atoms with E-state index in [-0.39, 0.29) is 17.7 Å². The van der Waals surface area contributed by atoms with Gasteiger partial charge in [-0.2, -0.15) is 0 Å². The number of carbonyl (C=O) groups is 2. The molecule has 0 bridgehead atoms. The smallest absolute Gasteiger partial charge is 0.290 e. The van der Waals surface area contributed by atoms with Crippen LogP contribution in [0.25, 0.3) is 0 Å². The summed E-state index contributed by atoms with van der Waals surface area (Å²) < 4.78 is 28.6. The van der Waals surface area contributed by atoms with Gasteiger partial charge in [-0.05, 0) is 42.2 Å². The Balaban J connectivity index is 2.10. The molecule has 2 aliphatic carbocycles. The zero-order valence-electron chi connectivity index (χ0n) is 17.7. The SMILES string of the molecule is COc1cc2c(c(OC)c1OC)[C@]13C=CO[C@@]1(OC)C(=O)C=C3[C@@H](NC(C)=O)CC2. The Morgan fingerprint density at radius 3 is 2.50 bits per heavy atom. The van der Waals surface area contributed by atoms with Crippen molar-refractivity contribution in [2.45, 2.75) is 37.0 Å². The predicted octanol–water partition coefficient (Wildman–Crippen LogP) is 1.80. The number of carbonyl (C=O) groups excluding carboxylic acids is 2. The topological polar surface area (TPSA) is 92.3 Å². The summed E-state index contributed by atoms with van der Waals surface area (Å²) in [5.41, 5.74) is 1.18. The lowest BCUT2D eigenvalue weighted by atomic mass is 9.69. The van der Waals surface area contributed by atoms with Gasteiger partial charge in [-0.1, -0.05) is 0 Å². The summed E-state index contributed by atoms with van der Waals surface area (Å²) in [7, 11) is 6.07. The number of fused-ring (bicyclic) bond motifs is 1. The summed E-state index contributed by atoms with van der Waals surface area (Å²) >= 11 is 0. The second kappa shape index (κ2) is 7.05. The van der Waals surface area contributed by atoms with Gasteiger partial charge in [-0.15, -0.1) is 0 Å². The summed E-state index contributed by atoms with van der Waals surface area (Å²) in [5.74, 6) is -0.768. The summed E-state index contributed by atoms with van der Waals surface area (Å²) in [5, 5.41) is 2.98. The van der Waals surface area contributed by atoms with Crippen LogP contribution in [0, 0.1) is 0 Å². The van der Waals surface area contributed by atoms with Crippen molar-refractivity contribution in [1.82, 2.24) is 5.32 Å². The molecule has 1 aromatic carbocycles. The first-order valence-electron chi connectivity index (χ1n) is 9.66. The molecule has 1 N–H and O–H groups in total. The van der Waals surface area contributed by atoms with Crippen LogP contribution < -0.4 is 19.5 Å². The molecule has 0 aromatic heterocycles. The molecule has 0 radical (unpaired) electrons. The molecule has 0 fully saturated rings. The molecule has 0 unspecified atom stereocenters. The van der Waals surface area contributed by atoms with Crippen LogP contribution in [-0.4, -0.2) is 52.0 Å². The zero-order chi connectivity index (χ0) is 21.7. The fourth-order valence-electron chi connectivity index (χ4n) is 5.09. The fraction of sp³-hybridized carbons (Fsp3) is 0.455. The van der Waals surface area contributed by atoms with Gasteiger partial charge >= 0.3 is 0 Å². The molecule has 0 saturated heterocycles. The number of aryl methyl sites for hydroxylation is 1.